The molecule has 0 aliphatic rings. The van der Waals surface area contributed by atoms with Crippen LogP contribution in [-0.2, 0) is 0 Å². The summed E-state index contributed by atoms with van der Waals surface area (Å²) in [5, 5.41) is 1.24. The molecule has 0 fully saturated rings. The lowest BCUT2D eigenvalue weighted by molar-refractivity contribution is 0.984. The summed E-state index contributed by atoms with van der Waals surface area (Å²) in [7, 11) is 1.77. The Morgan fingerprint density at radius 3 is 2.09 bits per heavy atom. The molecule has 2 N–H and O–H groups in total. The number of hydrogen-bond acceptors (Lipinski definition) is 2. The molecule has 2 nitrogen and oxygen atoms in total. The second-order valence-corrected chi connectivity index (χ2v) is 2.91. The van der Waals surface area contributed by atoms with Crippen LogP contribution in [0, 0.1) is 0 Å². The highest BCUT2D eigenvalue weighted by atomic mass is 35.5. The molecular formula is C7H8Cl2N2. The van der Waals surface area contributed by atoms with E-state index in [-0.39, 0.29) is 0 Å². The molecule has 0 amide bonds. The van der Waals surface area contributed by atoms with Gasteiger partial charge in [0.25, 0.3) is 0 Å². The molecule has 0 spiro atoms. The summed E-state index contributed by atoms with van der Waals surface area (Å²) >= 11 is 11.5. The van der Waals surface area contributed by atoms with Crippen molar-refractivity contribution in [3.63, 3.8) is 0 Å². The minimum atomic E-state index is 0.621. The molecule has 1 aromatic rings. The predicted molar refractivity (Wildman–Crippen MR) is 49.1 cm³/mol. The number of hydrazine groups is 1. The van der Waals surface area contributed by atoms with E-state index in [9.17, 15) is 0 Å². The van der Waals surface area contributed by atoms with E-state index in [2.05, 4.69) is 10.9 Å². The maximum atomic E-state index is 5.73. The monoisotopic (exact) mass is 190 g/mol. The lowest BCUT2D eigenvalue weighted by atomic mass is 10.3. The minimum Gasteiger partial charge on any atom is -0.322 e. The van der Waals surface area contributed by atoms with Crippen LogP contribution in [0.1, 0.15) is 0 Å². The number of anilines is 1. The Morgan fingerprint density at radius 1 is 1.09 bits per heavy atom. The molecule has 0 radical (unpaired) electrons. The van der Waals surface area contributed by atoms with Crippen molar-refractivity contribution in [3.05, 3.63) is 28.2 Å². The van der Waals surface area contributed by atoms with Gasteiger partial charge in [-0.3, -0.25) is 0 Å². The molecule has 1 rings (SSSR count). The number of halogens is 2. The molecule has 1 aromatic carbocycles. The zero-order valence-electron chi connectivity index (χ0n) is 5.99. The van der Waals surface area contributed by atoms with E-state index in [4.69, 9.17) is 23.2 Å². The summed E-state index contributed by atoms with van der Waals surface area (Å²) in [5.74, 6) is 0. The molecule has 0 saturated heterocycles. The molecule has 4 heteroatoms. The third-order valence-corrected chi connectivity index (χ3v) is 1.57. The first-order chi connectivity index (χ1) is 5.22. The van der Waals surface area contributed by atoms with Crippen molar-refractivity contribution in [3.8, 4) is 0 Å². The van der Waals surface area contributed by atoms with Crippen molar-refractivity contribution in [2.24, 2.45) is 0 Å². The van der Waals surface area contributed by atoms with Crippen molar-refractivity contribution in [1.82, 2.24) is 5.43 Å². The Morgan fingerprint density at radius 2 is 1.64 bits per heavy atom. The van der Waals surface area contributed by atoms with Crippen LogP contribution in [0.3, 0.4) is 0 Å². The molecule has 11 heavy (non-hydrogen) atoms. The largest absolute Gasteiger partial charge is 0.322 e. The van der Waals surface area contributed by atoms with Gasteiger partial charge in [0.2, 0.25) is 0 Å². The van der Waals surface area contributed by atoms with Gasteiger partial charge >= 0.3 is 0 Å². The van der Waals surface area contributed by atoms with Gasteiger partial charge in [-0.15, -0.1) is 0 Å². The molecule has 0 aliphatic heterocycles. The normalized spacial score (nSPS) is 9.73. The molecule has 0 atom stereocenters. The van der Waals surface area contributed by atoms with E-state index >= 15 is 0 Å². The van der Waals surface area contributed by atoms with Gasteiger partial charge in [-0.1, -0.05) is 23.2 Å². The lowest BCUT2D eigenvalue weighted by Gasteiger charge is -2.04. The summed E-state index contributed by atoms with van der Waals surface area (Å²) in [4.78, 5) is 0. The van der Waals surface area contributed by atoms with E-state index in [1.165, 1.54) is 0 Å². The Hall–Kier alpha value is -0.440. The minimum absolute atomic E-state index is 0.621. The van der Waals surface area contributed by atoms with Gasteiger partial charge in [0.05, 0.1) is 5.69 Å². The maximum absolute atomic E-state index is 5.73. The molecule has 0 heterocycles. The van der Waals surface area contributed by atoms with Crippen LogP contribution in [0.5, 0.6) is 0 Å². The fraction of sp³-hybridized carbons (Fsp3) is 0.143. The first-order valence-electron chi connectivity index (χ1n) is 3.11. The highest BCUT2D eigenvalue weighted by Crippen LogP contribution is 2.21. The smallest absolute Gasteiger partial charge is 0.0517 e. The van der Waals surface area contributed by atoms with Crippen molar-refractivity contribution < 1.29 is 0 Å². The number of rotatable bonds is 2. The Balaban J connectivity index is 2.89. The molecular weight excluding hydrogens is 183 g/mol. The third kappa shape index (κ3) is 2.58. The topological polar surface area (TPSA) is 24.1 Å². The lowest BCUT2D eigenvalue weighted by Crippen LogP contribution is -2.14. The second-order valence-electron chi connectivity index (χ2n) is 2.03. The van der Waals surface area contributed by atoms with Gasteiger partial charge in [0, 0.05) is 17.1 Å². The van der Waals surface area contributed by atoms with Gasteiger partial charge in [0.15, 0.2) is 0 Å². The summed E-state index contributed by atoms with van der Waals surface area (Å²) in [6.07, 6.45) is 0. The summed E-state index contributed by atoms with van der Waals surface area (Å²) in [5.41, 5.74) is 6.49. The molecule has 0 aromatic heterocycles. The van der Waals surface area contributed by atoms with Crippen LogP contribution in [0.25, 0.3) is 0 Å². The van der Waals surface area contributed by atoms with Crippen molar-refractivity contribution in [2.45, 2.75) is 0 Å². The van der Waals surface area contributed by atoms with Gasteiger partial charge in [-0.05, 0) is 18.2 Å². The Kier molecular flexibility index (Phi) is 3.00. The van der Waals surface area contributed by atoms with Crippen molar-refractivity contribution >= 4 is 28.9 Å². The Labute approximate surface area is 75.5 Å². The average molecular weight is 191 g/mol. The zero-order chi connectivity index (χ0) is 8.27. The van der Waals surface area contributed by atoms with E-state index in [1.807, 2.05) is 0 Å². The molecule has 0 unspecified atom stereocenters. The summed E-state index contributed by atoms with van der Waals surface area (Å²) in [6.45, 7) is 0. The number of hydrogen-bond donors (Lipinski definition) is 2. The fourth-order valence-electron chi connectivity index (χ4n) is 0.770. The van der Waals surface area contributed by atoms with E-state index in [0.717, 1.165) is 5.69 Å². The Bertz CT molecular complexity index is 230. The van der Waals surface area contributed by atoms with Crippen molar-refractivity contribution in [2.75, 3.05) is 12.5 Å². The van der Waals surface area contributed by atoms with Gasteiger partial charge in [-0.2, -0.15) is 0 Å². The number of benzene rings is 1. The zero-order valence-corrected chi connectivity index (χ0v) is 7.50. The number of nitrogens with one attached hydrogen (secondary N) is 2. The molecule has 60 valence electrons. The first kappa shape index (κ1) is 8.65. The van der Waals surface area contributed by atoms with E-state index in [1.54, 1.807) is 25.2 Å². The van der Waals surface area contributed by atoms with Crippen LogP contribution in [-0.4, -0.2) is 7.05 Å². The molecule has 0 saturated carbocycles. The average Bonchev–Trinajstić information content (AvgIpc) is 1.85. The summed E-state index contributed by atoms with van der Waals surface area (Å²) in [6, 6.07) is 5.25. The van der Waals surface area contributed by atoms with Crippen molar-refractivity contribution in [1.29, 1.82) is 0 Å². The van der Waals surface area contributed by atoms with Crippen LogP contribution in [0.2, 0.25) is 10.0 Å². The molecule has 0 bridgehead atoms. The quantitative estimate of drug-likeness (QED) is 0.702. The highest BCUT2D eigenvalue weighted by molar-refractivity contribution is 6.35. The highest BCUT2D eigenvalue weighted by Gasteiger charge is 1.95. The van der Waals surface area contributed by atoms with Crippen LogP contribution in [0.4, 0.5) is 5.69 Å². The van der Waals surface area contributed by atoms with Crippen LogP contribution in [0.15, 0.2) is 18.2 Å². The molecule has 0 aliphatic carbocycles. The second kappa shape index (κ2) is 3.81. The maximum Gasteiger partial charge on any atom is 0.0517 e. The standard InChI is InChI=1S/C7H8Cl2N2/c1-10-11-7-3-5(8)2-6(9)4-7/h2-4,10-11H,1H3. The van der Waals surface area contributed by atoms with Crippen LogP contribution < -0.4 is 10.9 Å². The first-order valence-corrected chi connectivity index (χ1v) is 3.87. The fourth-order valence-corrected chi connectivity index (χ4v) is 1.30. The van der Waals surface area contributed by atoms with E-state index in [0.29, 0.717) is 10.0 Å². The SMILES string of the molecule is CNNc1cc(Cl)cc(Cl)c1. The van der Waals surface area contributed by atoms with Gasteiger partial charge in [0.1, 0.15) is 0 Å². The van der Waals surface area contributed by atoms with Crippen LogP contribution >= 0.6 is 23.2 Å². The van der Waals surface area contributed by atoms with Gasteiger partial charge in [-0.25, -0.2) is 5.43 Å². The third-order valence-electron chi connectivity index (χ3n) is 1.13. The predicted octanol–water partition coefficient (Wildman–Crippen LogP) is 2.54. The summed E-state index contributed by atoms with van der Waals surface area (Å²) < 4.78 is 0. The van der Waals surface area contributed by atoms with Gasteiger partial charge < -0.3 is 5.43 Å². The van der Waals surface area contributed by atoms with E-state index < -0.39 is 0 Å².